The first-order valence-corrected chi connectivity index (χ1v) is 9.72. The standard InChI is InChI=1S/C10H16N2O4S3/c1-3-12-8-4-6(2)18(13,14)10-7(8)5-9(17-10)19(11,15)16/h4-5,7-8,10,12H,3H2,1-2H3,(H2,11,15,16)/t7?,8-,10?/m0/s1. The molecule has 0 aromatic heterocycles. The molecule has 108 valence electrons. The summed E-state index contributed by atoms with van der Waals surface area (Å²) >= 11 is 0.821. The summed E-state index contributed by atoms with van der Waals surface area (Å²) in [6.07, 6.45) is 3.10. The molecule has 0 spiro atoms. The van der Waals surface area contributed by atoms with E-state index in [0.717, 1.165) is 11.8 Å². The van der Waals surface area contributed by atoms with E-state index in [1.807, 2.05) is 6.92 Å². The molecule has 19 heavy (non-hydrogen) atoms. The first-order chi connectivity index (χ1) is 8.67. The van der Waals surface area contributed by atoms with Crippen LogP contribution in [0.2, 0.25) is 0 Å². The van der Waals surface area contributed by atoms with Crippen LogP contribution in [0.1, 0.15) is 13.8 Å². The summed E-state index contributed by atoms with van der Waals surface area (Å²) in [6, 6.07) is -0.190. The first-order valence-electron chi connectivity index (χ1n) is 5.75. The Hall–Kier alpha value is -0.350. The lowest BCUT2D eigenvalue weighted by Gasteiger charge is -2.30. The fourth-order valence-corrected chi connectivity index (χ4v) is 7.13. The van der Waals surface area contributed by atoms with Gasteiger partial charge in [-0.05, 0) is 13.5 Å². The zero-order valence-electron chi connectivity index (χ0n) is 10.5. The number of sulfone groups is 1. The third kappa shape index (κ3) is 2.62. The number of nitrogens with one attached hydrogen (secondary N) is 1. The van der Waals surface area contributed by atoms with Gasteiger partial charge in [-0.2, -0.15) is 0 Å². The predicted octanol–water partition coefficient (Wildman–Crippen LogP) is 0.116. The summed E-state index contributed by atoms with van der Waals surface area (Å²) < 4.78 is 46.4. The number of hydrogen-bond acceptors (Lipinski definition) is 6. The molecule has 9 heteroatoms. The zero-order chi connectivity index (χ0) is 14.4. The largest absolute Gasteiger partial charge is 0.310 e. The molecule has 0 aliphatic carbocycles. The van der Waals surface area contributed by atoms with Crippen molar-refractivity contribution in [2.45, 2.75) is 24.5 Å². The van der Waals surface area contributed by atoms with Crippen LogP contribution in [0.5, 0.6) is 0 Å². The van der Waals surface area contributed by atoms with Gasteiger partial charge in [0.1, 0.15) is 8.82 Å². The molecule has 2 aliphatic rings. The summed E-state index contributed by atoms with van der Waals surface area (Å²) in [4.78, 5) is 0.274. The number of hydrogen-bond donors (Lipinski definition) is 2. The van der Waals surface area contributed by atoms with Crippen molar-refractivity contribution in [2.75, 3.05) is 6.54 Å². The molecule has 3 N–H and O–H groups in total. The third-order valence-electron chi connectivity index (χ3n) is 3.18. The minimum atomic E-state index is -3.86. The Kier molecular flexibility index (Phi) is 3.87. The lowest BCUT2D eigenvalue weighted by atomic mass is 10.0. The average Bonchev–Trinajstić information content (AvgIpc) is 2.72. The monoisotopic (exact) mass is 324 g/mol. The van der Waals surface area contributed by atoms with Crippen LogP contribution in [-0.2, 0) is 19.9 Å². The molecule has 3 atom stereocenters. The maximum Gasteiger partial charge on any atom is 0.243 e. The number of likely N-dealkylation sites (N-methyl/N-ethyl adjacent to an activating group) is 1. The summed E-state index contributed by atoms with van der Waals surface area (Å²) in [7, 11) is -7.33. The van der Waals surface area contributed by atoms with Crippen LogP contribution in [0, 0.1) is 5.92 Å². The van der Waals surface area contributed by atoms with Crippen LogP contribution in [0.4, 0.5) is 0 Å². The number of thioether (sulfide) groups is 1. The Morgan fingerprint density at radius 1 is 1.42 bits per heavy atom. The van der Waals surface area contributed by atoms with Crippen LogP contribution in [0.15, 0.2) is 21.3 Å². The minimum absolute atomic E-state index is 0.0583. The summed E-state index contributed by atoms with van der Waals surface area (Å²) in [5.74, 6) is -0.410. The molecular weight excluding hydrogens is 308 g/mol. The topological polar surface area (TPSA) is 106 Å². The van der Waals surface area contributed by atoms with Crippen LogP contribution in [-0.4, -0.2) is 34.0 Å². The van der Waals surface area contributed by atoms with E-state index in [2.05, 4.69) is 5.32 Å². The molecule has 0 fully saturated rings. The second-order valence-corrected chi connectivity index (χ2v) is 10.0. The number of sulfonamides is 1. The maximum atomic E-state index is 12.2. The molecule has 0 saturated carbocycles. The van der Waals surface area contributed by atoms with Crippen LogP contribution in [0.3, 0.4) is 0 Å². The Morgan fingerprint density at radius 2 is 2.05 bits per heavy atom. The molecule has 0 amide bonds. The van der Waals surface area contributed by atoms with Crippen LogP contribution >= 0.6 is 11.8 Å². The Labute approximate surface area is 117 Å². The van der Waals surface area contributed by atoms with Gasteiger partial charge in [0.25, 0.3) is 0 Å². The zero-order valence-corrected chi connectivity index (χ0v) is 13.0. The molecule has 0 bridgehead atoms. The lowest BCUT2D eigenvalue weighted by Crippen LogP contribution is -2.43. The molecule has 2 unspecified atom stereocenters. The normalized spacial score (nSPS) is 33.5. The molecule has 0 aromatic carbocycles. The highest BCUT2D eigenvalue weighted by atomic mass is 32.3. The molecule has 2 heterocycles. The van der Waals surface area contributed by atoms with Crippen LogP contribution in [0.25, 0.3) is 0 Å². The van der Waals surface area contributed by atoms with Crippen LogP contribution < -0.4 is 10.5 Å². The van der Waals surface area contributed by atoms with Gasteiger partial charge < -0.3 is 5.32 Å². The van der Waals surface area contributed by atoms with Gasteiger partial charge in [0.2, 0.25) is 10.0 Å². The number of allylic oxidation sites excluding steroid dienone is 1. The highest BCUT2D eigenvalue weighted by Gasteiger charge is 2.47. The van der Waals surface area contributed by atoms with Crippen molar-refractivity contribution in [1.29, 1.82) is 0 Å². The van der Waals surface area contributed by atoms with E-state index in [4.69, 9.17) is 5.14 Å². The Bertz CT molecular complexity index is 648. The van der Waals surface area contributed by atoms with E-state index in [0.29, 0.717) is 6.54 Å². The van der Waals surface area contributed by atoms with Crippen molar-refractivity contribution < 1.29 is 16.8 Å². The Morgan fingerprint density at radius 3 is 2.58 bits per heavy atom. The first kappa shape index (κ1) is 15.0. The van der Waals surface area contributed by atoms with E-state index in [9.17, 15) is 16.8 Å². The number of fused-ring (bicyclic) bond motifs is 1. The average molecular weight is 324 g/mol. The fourth-order valence-electron chi connectivity index (χ4n) is 2.25. The Balaban J connectivity index is 2.47. The predicted molar refractivity (Wildman–Crippen MR) is 76.2 cm³/mol. The van der Waals surface area contributed by atoms with Crippen molar-refractivity contribution in [3.63, 3.8) is 0 Å². The highest BCUT2D eigenvalue weighted by Crippen LogP contribution is 2.47. The summed E-state index contributed by atoms with van der Waals surface area (Å²) in [5, 5.41) is 8.25. The van der Waals surface area contributed by atoms with Crippen molar-refractivity contribution in [1.82, 2.24) is 5.32 Å². The smallest absolute Gasteiger partial charge is 0.243 e. The van der Waals surface area contributed by atoms with Crippen molar-refractivity contribution in [3.8, 4) is 0 Å². The van der Waals surface area contributed by atoms with Gasteiger partial charge in [-0.15, -0.1) is 0 Å². The van der Waals surface area contributed by atoms with E-state index in [1.165, 1.54) is 13.0 Å². The summed E-state index contributed by atoms with van der Waals surface area (Å²) in [5.41, 5.74) is 0. The van der Waals surface area contributed by atoms with E-state index in [1.54, 1.807) is 6.08 Å². The molecule has 6 nitrogen and oxygen atoms in total. The maximum absolute atomic E-state index is 12.2. The quantitative estimate of drug-likeness (QED) is 0.763. The molecular formula is C10H16N2O4S3. The number of nitrogens with two attached hydrogens (primary N) is 1. The third-order valence-corrected chi connectivity index (χ3v) is 8.78. The van der Waals surface area contributed by atoms with E-state index >= 15 is 0 Å². The van der Waals surface area contributed by atoms with Crippen molar-refractivity contribution in [2.24, 2.45) is 11.1 Å². The minimum Gasteiger partial charge on any atom is -0.310 e. The van der Waals surface area contributed by atoms with Gasteiger partial charge in [-0.3, -0.25) is 0 Å². The van der Waals surface area contributed by atoms with E-state index < -0.39 is 30.4 Å². The highest BCUT2D eigenvalue weighted by molar-refractivity contribution is 8.24. The SMILES string of the molecule is CCN[C@H]1C=C(C)S(=O)(=O)C2SC(S(N)(=O)=O)=CC21. The van der Waals surface area contributed by atoms with Gasteiger partial charge >= 0.3 is 0 Å². The molecule has 0 aromatic rings. The van der Waals surface area contributed by atoms with Crippen molar-refractivity contribution in [3.05, 3.63) is 21.3 Å². The number of primary sulfonamides is 1. The van der Waals surface area contributed by atoms with E-state index in [-0.39, 0.29) is 15.2 Å². The fraction of sp³-hybridized carbons (Fsp3) is 0.600. The van der Waals surface area contributed by atoms with Gasteiger partial charge in [0, 0.05) is 16.9 Å². The molecule has 0 radical (unpaired) electrons. The molecule has 0 saturated heterocycles. The second-order valence-electron chi connectivity index (χ2n) is 4.50. The van der Waals surface area contributed by atoms with Gasteiger partial charge in [-0.25, -0.2) is 22.0 Å². The molecule has 2 rings (SSSR count). The van der Waals surface area contributed by atoms with Gasteiger partial charge in [0.05, 0.1) is 0 Å². The second kappa shape index (κ2) is 4.88. The van der Waals surface area contributed by atoms with Gasteiger partial charge in [0.15, 0.2) is 9.84 Å². The van der Waals surface area contributed by atoms with Gasteiger partial charge in [-0.1, -0.05) is 30.8 Å². The lowest BCUT2D eigenvalue weighted by molar-refractivity contribution is 0.488. The number of rotatable bonds is 3. The van der Waals surface area contributed by atoms with Crippen molar-refractivity contribution >= 4 is 31.6 Å². The summed E-state index contributed by atoms with van der Waals surface area (Å²) in [6.45, 7) is 4.11. The molecule has 2 aliphatic heterocycles.